The SMILES string of the molecule is Nc1ccc(Br)c(C(=O)NC23CC4CC(CC(C4)C2)C3)c1. The molecule has 1 aromatic carbocycles. The minimum atomic E-state index is 0.0242. The lowest BCUT2D eigenvalue weighted by atomic mass is 9.53. The molecule has 0 unspecified atom stereocenters. The number of anilines is 1. The highest BCUT2D eigenvalue weighted by atomic mass is 79.9. The number of benzene rings is 1. The van der Waals surface area contributed by atoms with E-state index >= 15 is 0 Å². The predicted molar refractivity (Wildman–Crippen MR) is 86.9 cm³/mol. The lowest BCUT2D eigenvalue weighted by molar-refractivity contribution is -0.0167. The predicted octanol–water partition coefficient (Wildman–Crippen LogP) is 3.73. The fraction of sp³-hybridized carbons (Fsp3) is 0.588. The Balaban J connectivity index is 1.58. The first-order valence-electron chi connectivity index (χ1n) is 7.90. The van der Waals surface area contributed by atoms with Crippen molar-refractivity contribution >= 4 is 27.5 Å². The third-order valence-electron chi connectivity index (χ3n) is 5.65. The molecule has 4 fully saturated rings. The van der Waals surface area contributed by atoms with Crippen molar-refractivity contribution in [3.8, 4) is 0 Å². The summed E-state index contributed by atoms with van der Waals surface area (Å²) >= 11 is 3.47. The number of carbonyl (C=O) groups is 1. The van der Waals surface area contributed by atoms with Gasteiger partial charge in [-0.3, -0.25) is 4.79 Å². The number of carbonyl (C=O) groups excluding carboxylic acids is 1. The molecule has 0 heterocycles. The highest BCUT2D eigenvalue weighted by Gasteiger charge is 2.51. The Kier molecular flexibility index (Phi) is 3.07. The second-order valence-electron chi connectivity index (χ2n) is 7.39. The van der Waals surface area contributed by atoms with Crippen molar-refractivity contribution in [3.63, 3.8) is 0 Å². The van der Waals surface area contributed by atoms with E-state index in [1.807, 2.05) is 12.1 Å². The third-order valence-corrected chi connectivity index (χ3v) is 6.34. The minimum Gasteiger partial charge on any atom is -0.399 e. The summed E-state index contributed by atoms with van der Waals surface area (Å²) in [5.41, 5.74) is 7.17. The van der Waals surface area contributed by atoms with Gasteiger partial charge in [-0.2, -0.15) is 0 Å². The Morgan fingerprint density at radius 3 is 2.29 bits per heavy atom. The van der Waals surface area contributed by atoms with Gasteiger partial charge >= 0.3 is 0 Å². The summed E-state index contributed by atoms with van der Waals surface area (Å²) in [6.07, 6.45) is 7.67. The van der Waals surface area contributed by atoms with Gasteiger partial charge in [0.25, 0.3) is 5.91 Å². The average molecular weight is 349 g/mol. The topological polar surface area (TPSA) is 55.1 Å². The lowest BCUT2D eigenvalue weighted by Gasteiger charge is -2.56. The van der Waals surface area contributed by atoms with Gasteiger partial charge in [0.15, 0.2) is 0 Å². The van der Waals surface area contributed by atoms with E-state index in [-0.39, 0.29) is 11.4 Å². The Labute approximate surface area is 133 Å². The number of nitrogens with one attached hydrogen (secondary N) is 1. The van der Waals surface area contributed by atoms with Crippen molar-refractivity contribution in [1.82, 2.24) is 5.32 Å². The van der Waals surface area contributed by atoms with E-state index < -0.39 is 0 Å². The summed E-state index contributed by atoms with van der Waals surface area (Å²) in [6, 6.07) is 5.43. The first-order valence-corrected chi connectivity index (χ1v) is 8.70. The molecule has 0 aromatic heterocycles. The Morgan fingerprint density at radius 2 is 1.71 bits per heavy atom. The summed E-state index contributed by atoms with van der Waals surface area (Å²) in [4.78, 5) is 12.7. The molecule has 4 aliphatic rings. The molecule has 1 amide bonds. The van der Waals surface area contributed by atoms with Gasteiger partial charge in [0.2, 0.25) is 0 Å². The van der Waals surface area contributed by atoms with Crippen molar-refractivity contribution in [1.29, 1.82) is 0 Å². The lowest BCUT2D eigenvalue weighted by Crippen LogP contribution is -2.59. The summed E-state index contributed by atoms with van der Waals surface area (Å²) in [6.45, 7) is 0. The van der Waals surface area contributed by atoms with Gasteiger partial charge in [-0.1, -0.05) is 0 Å². The molecule has 21 heavy (non-hydrogen) atoms. The van der Waals surface area contributed by atoms with E-state index in [0.29, 0.717) is 11.3 Å². The fourth-order valence-electron chi connectivity index (χ4n) is 5.29. The molecule has 0 saturated heterocycles. The summed E-state index contributed by atoms with van der Waals surface area (Å²) in [5.74, 6) is 2.53. The van der Waals surface area contributed by atoms with E-state index in [0.717, 1.165) is 22.2 Å². The van der Waals surface area contributed by atoms with Crippen LogP contribution in [0.25, 0.3) is 0 Å². The number of nitrogens with two attached hydrogens (primary N) is 1. The fourth-order valence-corrected chi connectivity index (χ4v) is 5.72. The summed E-state index contributed by atoms with van der Waals surface area (Å²) < 4.78 is 0.818. The van der Waals surface area contributed by atoms with Crippen molar-refractivity contribution in [3.05, 3.63) is 28.2 Å². The largest absolute Gasteiger partial charge is 0.399 e. The molecule has 1 aromatic rings. The van der Waals surface area contributed by atoms with Crippen LogP contribution in [0, 0.1) is 17.8 Å². The van der Waals surface area contributed by atoms with Gasteiger partial charge in [-0.15, -0.1) is 0 Å². The molecule has 0 spiro atoms. The molecule has 4 heteroatoms. The highest BCUT2D eigenvalue weighted by molar-refractivity contribution is 9.10. The molecule has 0 atom stereocenters. The molecule has 0 aliphatic heterocycles. The van der Waals surface area contributed by atoms with Crippen LogP contribution in [-0.4, -0.2) is 11.4 Å². The number of hydrogen-bond donors (Lipinski definition) is 2. The average Bonchev–Trinajstić information content (AvgIpc) is 2.39. The van der Waals surface area contributed by atoms with Crippen LogP contribution in [0.3, 0.4) is 0 Å². The minimum absolute atomic E-state index is 0.0242. The molecule has 4 saturated carbocycles. The van der Waals surface area contributed by atoms with Crippen LogP contribution in [-0.2, 0) is 0 Å². The van der Waals surface area contributed by atoms with Crippen LogP contribution in [0.4, 0.5) is 5.69 Å². The molecule has 3 N–H and O–H groups in total. The second kappa shape index (κ2) is 4.73. The van der Waals surface area contributed by atoms with Crippen LogP contribution in [0.15, 0.2) is 22.7 Å². The molecule has 0 radical (unpaired) electrons. The number of hydrogen-bond acceptors (Lipinski definition) is 2. The number of halogens is 1. The molecule has 4 bridgehead atoms. The number of rotatable bonds is 2. The van der Waals surface area contributed by atoms with Gasteiger partial charge < -0.3 is 11.1 Å². The van der Waals surface area contributed by atoms with E-state index in [4.69, 9.17) is 5.73 Å². The third kappa shape index (κ3) is 2.37. The van der Waals surface area contributed by atoms with Crippen LogP contribution in [0.5, 0.6) is 0 Å². The zero-order valence-corrected chi connectivity index (χ0v) is 13.7. The molecule has 3 nitrogen and oxygen atoms in total. The smallest absolute Gasteiger partial charge is 0.252 e. The first kappa shape index (κ1) is 13.6. The van der Waals surface area contributed by atoms with Gasteiger partial charge in [-0.25, -0.2) is 0 Å². The maximum Gasteiger partial charge on any atom is 0.252 e. The van der Waals surface area contributed by atoms with Crippen LogP contribution in [0.1, 0.15) is 48.9 Å². The van der Waals surface area contributed by atoms with Gasteiger partial charge in [-0.05, 0) is 90.4 Å². The second-order valence-corrected chi connectivity index (χ2v) is 8.25. The van der Waals surface area contributed by atoms with Crippen LogP contribution < -0.4 is 11.1 Å². The van der Waals surface area contributed by atoms with Gasteiger partial charge in [0.1, 0.15) is 0 Å². The van der Waals surface area contributed by atoms with Gasteiger partial charge in [0.05, 0.1) is 5.56 Å². The monoisotopic (exact) mass is 348 g/mol. The molecule has 5 rings (SSSR count). The summed E-state index contributed by atoms with van der Waals surface area (Å²) in [5, 5.41) is 3.38. The normalized spacial score (nSPS) is 36.7. The van der Waals surface area contributed by atoms with Crippen molar-refractivity contribution in [2.45, 2.75) is 44.1 Å². The first-order chi connectivity index (χ1) is 10.0. The van der Waals surface area contributed by atoms with E-state index in [1.54, 1.807) is 6.07 Å². The zero-order chi connectivity index (χ0) is 14.6. The molecule has 4 aliphatic carbocycles. The number of amides is 1. The standard InChI is InChI=1S/C17H21BrN2O/c18-15-2-1-13(19)6-14(15)16(21)20-17-7-10-3-11(8-17)5-12(4-10)9-17/h1-2,6,10-12H,3-5,7-9,19H2,(H,20,21). The molecule has 112 valence electrons. The van der Waals surface area contributed by atoms with Crippen molar-refractivity contribution < 1.29 is 4.79 Å². The highest BCUT2D eigenvalue weighted by Crippen LogP contribution is 2.55. The van der Waals surface area contributed by atoms with Crippen molar-refractivity contribution in [2.24, 2.45) is 17.8 Å². The maximum absolute atomic E-state index is 12.7. The quantitative estimate of drug-likeness (QED) is 0.800. The van der Waals surface area contributed by atoms with Crippen LogP contribution in [0.2, 0.25) is 0 Å². The maximum atomic E-state index is 12.7. The van der Waals surface area contributed by atoms with E-state index in [2.05, 4.69) is 21.2 Å². The number of nitrogen functional groups attached to an aromatic ring is 1. The van der Waals surface area contributed by atoms with E-state index in [1.165, 1.54) is 38.5 Å². The Morgan fingerprint density at radius 1 is 1.14 bits per heavy atom. The molecular formula is C17H21BrN2O. The van der Waals surface area contributed by atoms with Gasteiger partial charge in [0, 0.05) is 15.7 Å². The molecular weight excluding hydrogens is 328 g/mol. The van der Waals surface area contributed by atoms with Crippen molar-refractivity contribution in [2.75, 3.05) is 5.73 Å². The zero-order valence-electron chi connectivity index (χ0n) is 12.1. The Bertz CT molecular complexity index is 563. The Hall–Kier alpha value is -1.03. The van der Waals surface area contributed by atoms with Crippen LogP contribution >= 0.6 is 15.9 Å². The summed E-state index contributed by atoms with van der Waals surface area (Å²) in [7, 11) is 0. The van der Waals surface area contributed by atoms with E-state index in [9.17, 15) is 4.79 Å².